The fourth-order valence-electron chi connectivity index (χ4n) is 5.02. The molecule has 1 saturated heterocycles. The zero-order chi connectivity index (χ0) is 31.8. The lowest BCUT2D eigenvalue weighted by molar-refractivity contribution is 0.102. The van der Waals surface area contributed by atoms with Crippen molar-refractivity contribution in [2.45, 2.75) is 19.0 Å². The van der Waals surface area contributed by atoms with Crippen LogP contribution in [0.4, 0.5) is 20.3 Å². The number of aromatic nitrogens is 5. The van der Waals surface area contributed by atoms with Crippen LogP contribution < -0.4 is 26.6 Å². The molecular formula is C30H28F2N8O5. The van der Waals surface area contributed by atoms with E-state index >= 15 is 4.39 Å². The fraction of sp³-hybridized carbons (Fsp3) is 0.233. The number of H-pyrrole nitrogens is 1. The second kappa shape index (κ2) is 11.9. The van der Waals surface area contributed by atoms with Crippen molar-refractivity contribution in [2.75, 3.05) is 37.4 Å². The van der Waals surface area contributed by atoms with Crippen molar-refractivity contribution in [1.29, 1.82) is 0 Å². The highest BCUT2D eigenvalue weighted by Crippen LogP contribution is 2.34. The number of fused-ring (bicyclic) bond motifs is 1. The number of rotatable bonds is 9. The molecule has 13 nitrogen and oxygen atoms in total. The maximum absolute atomic E-state index is 15.3. The summed E-state index contributed by atoms with van der Waals surface area (Å²) >= 11 is 0. The number of carbonyl (C=O) groups excluding carboxylic acids is 1. The van der Waals surface area contributed by atoms with Gasteiger partial charge in [-0.05, 0) is 50.4 Å². The van der Waals surface area contributed by atoms with Crippen LogP contribution >= 0.6 is 0 Å². The minimum atomic E-state index is -0.907. The van der Waals surface area contributed by atoms with Crippen LogP contribution in [0.25, 0.3) is 16.7 Å². The van der Waals surface area contributed by atoms with Gasteiger partial charge in [0, 0.05) is 49.3 Å². The summed E-state index contributed by atoms with van der Waals surface area (Å²) in [6.45, 7) is 2.65. The highest BCUT2D eigenvalue weighted by atomic mass is 19.1. The number of amides is 1. The second-order valence-electron chi connectivity index (χ2n) is 10.8. The van der Waals surface area contributed by atoms with Crippen molar-refractivity contribution in [1.82, 2.24) is 29.2 Å². The van der Waals surface area contributed by atoms with E-state index in [4.69, 9.17) is 4.74 Å². The van der Waals surface area contributed by atoms with Gasteiger partial charge in [-0.1, -0.05) is 0 Å². The van der Waals surface area contributed by atoms with E-state index in [1.54, 1.807) is 6.92 Å². The summed E-state index contributed by atoms with van der Waals surface area (Å²) in [6.07, 6.45) is 2.66. The standard InChI is InChI=1S/C30H28F2N8O5/c1-16(15-41)34-27-25-24(9-10-33-26(25)36-37-27)45-23-8-5-18(11-22(23)32)35-28(42)21-14-39(20-12-38(2)13-20)30(44)40(29(21)43)19-6-3-17(31)4-7-19/h3-11,14,16,20,41H,12-13,15H2,1-2H3,(H,35,42)(H2,33,34,36,37)/t16-/m1/s1. The zero-order valence-corrected chi connectivity index (χ0v) is 24.1. The van der Waals surface area contributed by atoms with E-state index in [9.17, 15) is 23.9 Å². The Kier molecular flexibility index (Phi) is 7.87. The number of hydrogen-bond acceptors (Lipinski definition) is 9. The Morgan fingerprint density at radius 3 is 2.58 bits per heavy atom. The number of hydrogen-bond donors (Lipinski definition) is 4. The smallest absolute Gasteiger partial charge is 0.336 e. The number of aliphatic hydroxyl groups is 1. The van der Waals surface area contributed by atoms with Crippen molar-refractivity contribution in [3.8, 4) is 17.2 Å². The molecule has 232 valence electrons. The number of aliphatic hydroxyl groups excluding tert-OH is 1. The number of halogens is 2. The number of likely N-dealkylation sites (tertiary alicyclic amines) is 1. The van der Waals surface area contributed by atoms with Crippen molar-refractivity contribution in [2.24, 2.45) is 0 Å². The molecule has 5 aromatic rings. The summed E-state index contributed by atoms with van der Waals surface area (Å²) in [7, 11) is 1.87. The Balaban J connectivity index is 1.29. The summed E-state index contributed by atoms with van der Waals surface area (Å²) in [5.41, 5.74) is -1.42. The van der Waals surface area contributed by atoms with Gasteiger partial charge < -0.3 is 25.4 Å². The molecule has 0 spiro atoms. The molecule has 1 atom stereocenters. The Morgan fingerprint density at radius 1 is 1.13 bits per heavy atom. The van der Waals surface area contributed by atoms with Gasteiger partial charge >= 0.3 is 5.69 Å². The number of aromatic amines is 1. The molecule has 1 aliphatic heterocycles. The molecular weight excluding hydrogens is 590 g/mol. The maximum Gasteiger partial charge on any atom is 0.336 e. The minimum Gasteiger partial charge on any atom is -0.453 e. The molecule has 3 aromatic heterocycles. The number of pyridine rings is 1. The van der Waals surface area contributed by atoms with Crippen LogP contribution in [0.5, 0.6) is 11.5 Å². The fourth-order valence-corrected chi connectivity index (χ4v) is 5.02. The second-order valence-corrected chi connectivity index (χ2v) is 10.8. The molecule has 15 heteroatoms. The lowest BCUT2D eigenvalue weighted by Gasteiger charge is -2.37. The van der Waals surface area contributed by atoms with Gasteiger partial charge in [0.25, 0.3) is 11.5 Å². The average Bonchev–Trinajstić information content (AvgIpc) is 3.41. The van der Waals surface area contributed by atoms with Crippen LogP contribution in [0.15, 0.2) is 70.5 Å². The molecule has 45 heavy (non-hydrogen) atoms. The van der Waals surface area contributed by atoms with E-state index in [0.717, 1.165) is 22.8 Å². The lowest BCUT2D eigenvalue weighted by atomic mass is 10.1. The van der Waals surface area contributed by atoms with Crippen LogP contribution in [0.2, 0.25) is 0 Å². The average molecular weight is 619 g/mol. The van der Waals surface area contributed by atoms with Crippen LogP contribution in [0.1, 0.15) is 23.3 Å². The number of benzene rings is 2. The summed E-state index contributed by atoms with van der Waals surface area (Å²) in [4.78, 5) is 46.3. The molecule has 0 aliphatic carbocycles. The van der Waals surface area contributed by atoms with E-state index in [2.05, 4.69) is 25.8 Å². The van der Waals surface area contributed by atoms with E-state index in [1.165, 1.54) is 47.3 Å². The first kappa shape index (κ1) is 29.7. The first-order chi connectivity index (χ1) is 21.6. The SMILES string of the molecule is C[C@H](CO)Nc1n[nH]c2nccc(Oc3ccc(NC(=O)c4cn(C5CN(C)C5)c(=O)n(-c5ccc(F)cc5)c4=O)cc3F)c12. The number of carbonyl (C=O) groups is 1. The number of likely N-dealkylation sites (N-methyl/N-ethyl adjacent to an activating group) is 1. The molecule has 4 N–H and O–H groups in total. The Morgan fingerprint density at radius 2 is 1.89 bits per heavy atom. The van der Waals surface area contributed by atoms with E-state index in [1.807, 2.05) is 11.9 Å². The monoisotopic (exact) mass is 618 g/mol. The Bertz CT molecular complexity index is 2020. The van der Waals surface area contributed by atoms with Gasteiger partial charge in [-0.3, -0.25) is 19.3 Å². The van der Waals surface area contributed by atoms with Crippen LogP contribution in [0, 0.1) is 11.6 Å². The van der Waals surface area contributed by atoms with Crippen molar-refractivity contribution in [3.63, 3.8) is 0 Å². The molecule has 0 saturated carbocycles. The number of anilines is 2. The molecule has 2 aromatic carbocycles. The predicted octanol–water partition coefficient (Wildman–Crippen LogP) is 2.87. The molecule has 4 heterocycles. The number of nitrogens with one attached hydrogen (secondary N) is 3. The lowest BCUT2D eigenvalue weighted by Crippen LogP contribution is -2.52. The quantitative estimate of drug-likeness (QED) is 0.195. The van der Waals surface area contributed by atoms with E-state index < -0.39 is 28.8 Å². The summed E-state index contributed by atoms with van der Waals surface area (Å²) in [5, 5.41) is 22.3. The van der Waals surface area contributed by atoms with Gasteiger partial charge in [0.05, 0.1) is 18.3 Å². The molecule has 6 rings (SSSR count). The number of nitrogens with zero attached hydrogens (tertiary/aromatic N) is 5. The maximum atomic E-state index is 15.3. The summed E-state index contributed by atoms with van der Waals surface area (Å²) in [6, 6.07) is 9.43. The molecule has 0 unspecified atom stereocenters. The van der Waals surface area contributed by atoms with Gasteiger partial charge in [0.2, 0.25) is 0 Å². The molecule has 1 amide bonds. The largest absolute Gasteiger partial charge is 0.453 e. The molecule has 1 aliphatic rings. The van der Waals surface area contributed by atoms with Gasteiger partial charge in [0.1, 0.15) is 22.5 Å². The van der Waals surface area contributed by atoms with Crippen molar-refractivity contribution in [3.05, 3.63) is 99.0 Å². The first-order valence-corrected chi connectivity index (χ1v) is 13.9. The highest BCUT2D eigenvalue weighted by molar-refractivity contribution is 6.04. The Hall–Kier alpha value is -5.41. The predicted molar refractivity (Wildman–Crippen MR) is 161 cm³/mol. The van der Waals surface area contributed by atoms with Gasteiger partial charge in [-0.15, -0.1) is 0 Å². The first-order valence-electron chi connectivity index (χ1n) is 13.9. The van der Waals surface area contributed by atoms with Crippen LogP contribution in [0.3, 0.4) is 0 Å². The third-order valence-electron chi connectivity index (χ3n) is 7.37. The van der Waals surface area contributed by atoms with Crippen molar-refractivity contribution < 1.29 is 23.4 Å². The normalized spacial score (nSPS) is 14.2. The van der Waals surface area contributed by atoms with E-state index in [-0.39, 0.29) is 47.1 Å². The van der Waals surface area contributed by atoms with Gasteiger partial charge in [-0.25, -0.2) is 23.1 Å². The van der Waals surface area contributed by atoms with Gasteiger partial charge in [-0.2, -0.15) is 5.10 Å². The molecule has 0 radical (unpaired) electrons. The summed E-state index contributed by atoms with van der Waals surface area (Å²) in [5.74, 6) is -1.80. The third-order valence-corrected chi connectivity index (χ3v) is 7.37. The molecule has 1 fully saturated rings. The zero-order valence-electron chi connectivity index (χ0n) is 24.1. The summed E-state index contributed by atoms with van der Waals surface area (Å²) < 4.78 is 36.8. The van der Waals surface area contributed by atoms with Crippen molar-refractivity contribution >= 4 is 28.4 Å². The molecule has 0 bridgehead atoms. The minimum absolute atomic E-state index is 0.0287. The third kappa shape index (κ3) is 5.77. The van der Waals surface area contributed by atoms with Gasteiger partial charge in [0.15, 0.2) is 23.0 Å². The topological polar surface area (TPSA) is 159 Å². The highest BCUT2D eigenvalue weighted by Gasteiger charge is 2.29. The Labute approximate surface area is 253 Å². The number of ether oxygens (including phenoxy) is 1. The van der Waals surface area contributed by atoms with Crippen LogP contribution in [-0.2, 0) is 0 Å². The van der Waals surface area contributed by atoms with Crippen LogP contribution in [-0.4, -0.2) is 73.0 Å². The van der Waals surface area contributed by atoms with E-state index in [0.29, 0.717) is 29.9 Å².